The Kier molecular flexibility index (Phi) is 3.92. The van der Waals surface area contributed by atoms with E-state index in [-0.39, 0.29) is 11.9 Å². The molecule has 0 bridgehead atoms. The molecule has 0 saturated heterocycles. The van der Waals surface area contributed by atoms with Crippen molar-refractivity contribution in [2.24, 2.45) is 0 Å². The molecule has 2 aliphatic heterocycles. The van der Waals surface area contributed by atoms with Gasteiger partial charge in [0.2, 0.25) is 0 Å². The molecule has 1 aromatic heterocycles. The van der Waals surface area contributed by atoms with Crippen LogP contribution in [-0.2, 0) is 30.6 Å². The number of nitrogens with zero attached hydrogens (tertiary/aromatic N) is 3. The maximum Gasteiger partial charge on any atom is 0.261 e. The van der Waals surface area contributed by atoms with E-state index in [1.807, 2.05) is 12.1 Å². The number of nitrogens with one attached hydrogen (secondary N) is 1. The van der Waals surface area contributed by atoms with Crippen molar-refractivity contribution in [2.75, 3.05) is 0 Å². The molecule has 6 nitrogen and oxygen atoms in total. The van der Waals surface area contributed by atoms with Gasteiger partial charge in [-0.3, -0.25) is 4.79 Å². The Morgan fingerprint density at radius 3 is 3.17 bits per heavy atom. The molecule has 0 saturated carbocycles. The monoisotopic (exact) mass is 346 g/mol. The van der Waals surface area contributed by atoms with E-state index < -0.39 is 6.10 Å². The first-order chi connectivity index (χ1) is 11.6. The molecule has 126 valence electrons. The molecular weight excluding hydrogens is 328 g/mol. The number of hydrogen-bond donors (Lipinski definition) is 1. The van der Waals surface area contributed by atoms with Crippen LogP contribution in [0.25, 0.3) is 0 Å². The number of ether oxygens (including phenoxy) is 1. The number of hydrogen-bond acceptors (Lipinski definition) is 4. The van der Waals surface area contributed by atoms with Crippen LogP contribution in [-0.4, -0.2) is 32.8 Å². The quantitative estimate of drug-likeness (QED) is 0.922. The van der Waals surface area contributed by atoms with Gasteiger partial charge in [0, 0.05) is 36.9 Å². The molecule has 1 aromatic carbocycles. The second-order valence-electron chi connectivity index (χ2n) is 6.30. The molecule has 24 heavy (non-hydrogen) atoms. The van der Waals surface area contributed by atoms with Crippen LogP contribution in [0.1, 0.15) is 30.6 Å². The molecule has 0 radical (unpaired) electrons. The second-order valence-corrected chi connectivity index (χ2v) is 6.74. The zero-order chi connectivity index (χ0) is 16.7. The van der Waals surface area contributed by atoms with Crippen molar-refractivity contribution < 1.29 is 9.53 Å². The first-order valence-corrected chi connectivity index (χ1v) is 8.68. The van der Waals surface area contributed by atoms with E-state index >= 15 is 0 Å². The molecule has 0 aliphatic carbocycles. The van der Waals surface area contributed by atoms with Crippen molar-refractivity contribution in [3.05, 3.63) is 40.4 Å². The van der Waals surface area contributed by atoms with Gasteiger partial charge in [-0.05, 0) is 30.2 Å². The van der Waals surface area contributed by atoms with E-state index in [2.05, 4.69) is 27.0 Å². The van der Waals surface area contributed by atoms with Crippen molar-refractivity contribution in [3.63, 3.8) is 0 Å². The largest absolute Gasteiger partial charge is 0.480 e. The van der Waals surface area contributed by atoms with Gasteiger partial charge in [-0.25, -0.2) is 0 Å². The predicted molar refractivity (Wildman–Crippen MR) is 89.2 cm³/mol. The van der Waals surface area contributed by atoms with Crippen molar-refractivity contribution in [1.82, 2.24) is 20.1 Å². The Hall–Kier alpha value is -2.08. The van der Waals surface area contributed by atoms with Gasteiger partial charge in [0.25, 0.3) is 5.91 Å². The molecular formula is C17H19ClN4O2. The zero-order valence-corrected chi connectivity index (χ0v) is 14.2. The highest BCUT2D eigenvalue weighted by atomic mass is 35.5. The van der Waals surface area contributed by atoms with Crippen molar-refractivity contribution in [3.8, 4) is 5.75 Å². The van der Waals surface area contributed by atoms with Gasteiger partial charge in [-0.15, -0.1) is 10.2 Å². The number of fused-ring (bicyclic) bond motifs is 2. The van der Waals surface area contributed by atoms with Gasteiger partial charge in [0.15, 0.2) is 6.10 Å². The lowest BCUT2D eigenvalue weighted by Crippen LogP contribution is -2.46. The van der Waals surface area contributed by atoms with Crippen LogP contribution >= 0.6 is 11.6 Å². The first kappa shape index (κ1) is 15.4. The highest BCUT2D eigenvalue weighted by Gasteiger charge is 2.32. The van der Waals surface area contributed by atoms with Crippen molar-refractivity contribution in [2.45, 2.75) is 51.3 Å². The highest BCUT2D eigenvalue weighted by molar-refractivity contribution is 6.30. The maximum atomic E-state index is 12.6. The predicted octanol–water partition coefficient (Wildman–Crippen LogP) is 1.93. The standard InChI is InChI=1S/C17H19ClN4O2/c1-2-15-20-21-16-6-4-12(9-22(15)16)19-17(23)14-8-10-7-11(18)3-5-13(10)24-14/h3,5,7,12,14H,2,4,6,8-9H2,1H3,(H,19,23)/t12-,14+/m1/s1. The molecule has 2 aromatic rings. The number of aromatic nitrogens is 3. The number of benzene rings is 1. The van der Waals surface area contributed by atoms with Gasteiger partial charge in [-0.2, -0.15) is 0 Å². The summed E-state index contributed by atoms with van der Waals surface area (Å²) in [6, 6.07) is 5.55. The molecule has 7 heteroatoms. The molecule has 1 N–H and O–H groups in total. The average molecular weight is 347 g/mol. The Morgan fingerprint density at radius 1 is 1.46 bits per heavy atom. The SMILES string of the molecule is CCc1nnc2n1C[C@H](NC(=O)[C@@H]1Cc3cc(Cl)ccc3O1)CC2. The van der Waals surface area contributed by atoms with Crippen LogP contribution in [0.15, 0.2) is 18.2 Å². The third-order valence-corrected chi connectivity index (χ3v) is 4.91. The van der Waals surface area contributed by atoms with Crippen LogP contribution < -0.4 is 10.1 Å². The number of aryl methyl sites for hydroxylation is 2. The molecule has 3 heterocycles. The third-order valence-electron chi connectivity index (χ3n) is 4.68. The summed E-state index contributed by atoms with van der Waals surface area (Å²) in [6.07, 6.45) is 2.63. The van der Waals surface area contributed by atoms with Crippen molar-refractivity contribution >= 4 is 17.5 Å². The smallest absolute Gasteiger partial charge is 0.261 e. The summed E-state index contributed by atoms with van der Waals surface area (Å²) in [4.78, 5) is 12.6. The van der Waals surface area contributed by atoms with E-state index in [0.717, 1.165) is 48.8 Å². The summed E-state index contributed by atoms with van der Waals surface area (Å²) in [5, 5.41) is 12.2. The fourth-order valence-electron chi connectivity index (χ4n) is 3.42. The average Bonchev–Trinajstić information content (AvgIpc) is 3.17. The molecule has 2 atom stereocenters. The van der Waals surface area contributed by atoms with E-state index in [4.69, 9.17) is 16.3 Å². The summed E-state index contributed by atoms with van der Waals surface area (Å²) in [6.45, 7) is 2.79. The normalized spacial score (nSPS) is 21.8. The Labute approximate surface area is 145 Å². The van der Waals surface area contributed by atoms with Crippen LogP contribution in [0, 0.1) is 0 Å². The van der Waals surface area contributed by atoms with Gasteiger partial charge >= 0.3 is 0 Å². The van der Waals surface area contributed by atoms with Gasteiger partial charge < -0.3 is 14.6 Å². The lowest BCUT2D eigenvalue weighted by atomic mass is 10.1. The number of halogens is 1. The topological polar surface area (TPSA) is 69.0 Å². The van der Waals surface area contributed by atoms with Crippen LogP contribution in [0.5, 0.6) is 5.75 Å². The Morgan fingerprint density at radius 2 is 2.33 bits per heavy atom. The molecule has 2 aliphatic rings. The summed E-state index contributed by atoms with van der Waals surface area (Å²) >= 11 is 6.00. The maximum absolute atomic E-state index is 12.6. The van der Waals surface area contributed by atoms with Crippen LogP contribution in [0.2, 0.25) is 5.02 Å². The molecule has 0 spiro atoms. The summed E-state index contributed by atoms with van der Waals surface area (Å²) < 4.78 is 7.89. The summed E-state index contributed by atoms with van der Waals surface area (Å²) in [5.74, 6) is 2.67. The fourth-order valence-corrected chi connectivity index (χ4v) is 3.61. The lowest BCUT2D eigenvalue weighted by Gasteiger charge is -2.26. The summed E-state index contributed by atoms with van der Waals surface area (Å²) in [7, 11) is 0. The number of carbonyl (C=O) groups excluding carboxylic acids is 1. The minimum atomic E-state index is -0.480. The molecule has 1 amide bonds. The van der Waals surface area contributed by atoms with E-state index in [1.165, 1.54) is 0 Å². The molecule has 4 rings (SSSR count). The highest BCUT2D eigenvalue weighted by Crippen LogP contribution is 2.31. The molecule has 0 unspecified atom stereocenters. The number of rotatable bonds is 3. The van der Waals surface area contributed by atoms with Crippen LogP contribution in [0.3, 0.4) is 0 Å². The zero-order valence-electron chi connectivity index (χ0n) is 13.5. The van der Waals surface area contributed by atoms with Crippen molar-refractivity contribution in [1.29, 1.82) is 0 Å². The van der Waals surface area contributed by atoms with Gasteiger partial charge in [0.1, 0.15) is 17.4 Å². The van der Waals surface area contributed by atoms with E-state index in [1.54, 1.807) is 6.07 Å². The third kappa shape index (κ3) is 2.75. The Bertz CT molecular complexity index is 775. The lowest BCUT2D eigenvalue weighted by molar-refractivity contribution is -0.128. The minimum absolute atomic E-state index is 0.0677. The van der Waals surface area contributed by atoms with E-state index in [0.29, 0.717) is 11.4 Å². The van der Waals surface area contributed by atoms with Gasteiger partial charge in [0.05, 0.1) is 0 Å². The second kappa shape index (κ2) is 6.09. The van der Waals surface area contributed by atoms with Gasteiger partial charge in [-0.1, -0.05) is 18.5 Å². The number of amides is 1. The number of carbonyl (C=O) groups is 1. The Balaban J connectivity index is 1.41. The van der Waals surface area contributed by atoms with Crippen LogP contribution in [0.4, 0.5) is 0 Å². The first-order valence-electron chi connectivity index (χ1n) is 8.30. The molecule has 0 fully saturated rings. The fraction of sp³-hybridized carbons (Fsp3) is 0.471. The summed E-state index contributed by atoms with van der Waals surface area (Å²) in [5.41, 5.74) is 0.987. The van der Waals surface area contributed by atoms with E-state index in [9.17, 15) is 4.79 Å². The minimum Gasteiger partial charge on any atom is -0.480 e.